The third kappa shape index (κ3) is 6.14. The van der Waals surface area contributed by atoms with Crippen molar-refractivity contribution in [3.8, 4) is 0 Å². The average Bonchev–Trinajstić information content (AvgIpc) is 3.38. The predicted molar refractivity (Wildman–Crippen MR) is 123 cm³/mol. The summed E-state index contributed by atoms with van der Waals surface area (Å²) in [5.41, 5.74) is -0.110. The molecular weight excluding hydrogens is 368 g/mol. The van der Waals surface area contributed by atoms with E-state index in [1.807, 2.05) is 0 Å². The van der Waals surface area contributed by atoms with E-state index in [4.69, 9.17) is 13.6 Å². The Hall–Kier alpha value is 0.314. The molecule has 0 radical (unpaired) electrons. The molecule has 0 aliphatic carbocycles. The largest absolute Gasteiger partial charge is 0.414 e. The second kappa shape index (κ2) is 10.9. The SMILES string of the molecule is CCC[C@@H](O[Si](CC)(CC)CC)[C@H](C)[C@@H]1O[C@]1(C)CO[Si](CC)(CC)CC. The molecule has 5 heteroatoms. The molecule has 3 nitrogen and oxygen atoms in total. The molecule has 1 heterocycles. The molecule has 27 heavy (non-hydrogen) atoms. The summed E-state index contributed by atoms with van der Waals surface area (Å²) in [7, 11) is -3.14. The van der Waals surface area contributed by atoms with E-state index >= 15 is 0 Å². The first kappa shape index (κ1) is 25.4. The van der Waals surface area contributed by atoms with Gasteiger partial charge in [-0.05, 0) is 49.6 Å². The maximum Gasteiger partial charge on any atom is 0.192 e. The minimum Gasteiger partial charge on any atom is -0.414 e. The van der Waals surface area contributed by atoms with Gasteiger partial charge in [0.15, 0.2) is 16.6 Å². The van der Waals surface area contributed by atoms with Gasteiger partial charge < -0.3 is 13.6 Å². The van der Waals surface area contributed by atoms with Gasteiger partial charge >= 0.3 is 0 Å². The Morgan fingerprint density at radius 3 is 1.74 bits per heavy atom. The molecular formula is C22H48O3Si2. The van der Waals surface area contributed by atoms with Crippen molar-refractivity contribution in [3.05, 3.63) is 0 Å². The maximum absolute atomic E-state index is 6.92. The van der Waals surface area contributed by atoms with Crippen LogP contribution in [-0.4, -0.2) is 41.1 Å². The smallest absolute Gasteiger partial charge is 0.192 e. The summed E-state index contributed by atoms with van der Waals surface area (Å²) in [6.45, 7) is 21.5. The van der Waals surface area contributed by atoms with Crippen LogP contribution >= 0.6 is 0 Å². The van der Waals surface area contributed by atoms with Crippen LogP contribution in [0.5, 0.6) is 0 Å². The van der Waals surface area contributed by atoms with Crippen LogP contribution < -0.4 is 0 Å². The highest BCUT2D eigenvalue weighted by atomic mass is 28.4. The summed E-state index contributed by atoms with van der Waals surface area (Å²) < 4.78 is 19.8. The van der Waals surface area contributed by atoms with Crippen molar-refractivity contribution in [1.29, 1.82) is 0 Å². The summed E-state index contributed by atoms with van der Waals surface area (Å²) in [4.78, 5) is 0. The minimum atomic E-state index is -1.59. The Bertz CT molecular complexity index is 407. The molecule has 0 aromatic heterocycles. The average molecular weight is 417 g/mol. The van der Waals surface area contributed by atoms with Gasteiger partial charge in [0, 0.05) is 5.92 Å². The topological polar surface area (TPSA) is 31.0 Å². The lowest BCUT2D eigenvalue weighted by atomic mass is 9.91. The van der Waals surface area contributed by atoms with Gasteiger partial charge in [0.2, 0.25) is 0 Å². The van der Waals surface area contributed by atoms with Crippen molar-refractivity contribution in [2.24, 2.45) is 5.92 Å². The third-order valence-corrected chi connectivity index (χ3v) is 16.8. The maximum atomic E-state index is 6.92. The number of epoxide rings is 1. The van der Waals surface area contributed by atoms with Gasteiger partial charge in [-0.25, -0.2) is 0 Å². The van der Waals surface area contributed by atoms with Crippen LogP contribution in [0, 0.1) is 5.92 Å². The normalized spacial score (nSPS) is 25.4. The predicted octanol–water partition coefficient (Wildman–Crippen LogP) is 6.99. The van der Waals surface area contributed by atoms with Gasteiger partial charge in [-0.2, -0.15) is 0 Å². The summed E-state index contributed by atoms with van der Waals surface area (Å²) in [5, 5.41) is 0. The van der Waals surface area contributed by atoms with E-state index in [-0.39, 0.29) is 11.7 Å². The van der Waals surface area contributed by atoms with Crippen molar-refractivity contribution in [2.45, 2.75) is 129 Å². The molecule has 0 amide bonds. The van der Waals surface area contributed by atoms with E-state index in [9.17, 15) is 0 Å². The molecule has 1 rings (SSSR count). The summed E-state index contributed by atoms with van der Waals surface area (Å²) in [6.07, 6.45) is 2.93. The van der Waals surface area contributed by atoms with Crippen molar-refractivity contribution >= 4 is 16.6 Å². The molecule has 1 fully saturated rings. The first-order valence-electron chi connectivity index (χ1n) is 11.7. The lowest BCUT2D eigenvalue weighted by Gasteiger charge is -2.36. The third-order valence-electron chi connectivity index (χ3n) is 7.51. The van der Waals surface area contributed by atoms with Crippen LogP contribution in [0.3, 0.4) is 0 Å². The summed E-state index contributed by atoms with van der Waals surface area (Å²) in [5.74, 6) is 0.441. The highest BCUT2D eigenvalue weighted by Gasteiger charge is 2.57. The van der Waals surface area contributed by atoms with Crippen LogP contribution in [0.25, 0.3) is 0 Å². The van der Waals surface area contributed by atoms with E-state index in [1.54, 1.807) is 0 Å². The second-order valence-electron chi connectivity index (χ2n) is 8.93. The van der Waals surface area contributed by atoms with Crippen LogP contribution in [0.4, 0.5) is 0 Å². The Morgan fingerprint density at radius 1 is 0.852 bits per heavy atom. The van der Waals surface area contributed by atoms with Gasteiger partial charge in [-0.3, -0.25) is 0 Å². The van der Waals surface area contributed by atoms with Gasteiger partial charge in [-0.1, -0.05) is 61.8 Å². The number of hydrogen-bond donors (Lipinski definition) is 0. The fourth-order valence-corrected chi connectivity index (χ4v) is 10.3. The molecule has 162 valence electrons. The number of ether oxygens (including phenoxy) is 1. The summed E-state index contributed by atoms with van der Waals surface area (Å²) in [6, 6.07) is 7.27. The quantitative estimate of drug-likeness (QED) is 0.213. The zero-order valence-electron chi connectivity index (χ0n) is 19.8. The number of hydrogen-bond acceptors (Lipinski definition) is 3. The van der Waals surface area contributed by atoms with E-state index in [0.29, 0.717) is 12.0 Å². The molecule has 0 aromatic rings. The molecule has 1 aliphatic rings. The highest BCUT2D eigenvalue weighted by Crippen LogP contribution is 2.45. The van der Waals surface area contributed by atoms with Gasteiger partial charge in [0.25, 0.3) is 0 Å². The van der Waals surface area contributed by atoms with Crippen LogP contribution in [-0.2, 0) is 13.6 Å². The van der Waals surface area contributed by atoms with Crippen molar-refractivity contribution in [2.75, 3.05) is 6.61 Å². The monoisotopic (exact) mass is 416 g/mol. The highest BCUT2D eigenvalue weighted by molar-refractivity contribution is 6.74. The van der Waals surface area contributed by atoms with Crippen molar-refractivity contribution < 1.29 is 13.6 Å². The van der Waals surface area contributed by atoms with Crippen molar-refractivity contribution in [3.63, 3.8) is 0 Å². The lowest BCUT2D eigenvalue weighted by Crippen LogP contribution is -2.44. The van der Waals surface area contributed by atoms with E-state index in [0.717, 1.165) is 13.0 Å². The molecule has 1 saturated heterocycles. The molecule has 0 N–H and O–H groups in total. The van der Waals surface area contributed by atoms with Crippen molar-refractivity contribution in [1.82, 2.24) is 0 Å². The van der Waals surface area contributed by atoms with Gasteiger partial charge in [0.1, 0.15) is 5.60 Å². The first-order valence-corrected chi connectivity index (χ1v) is 16.8. The minimum absolute atomic E-state index is 0.110. The van der Waals surface area contributed by atoms with Gasteiger partial charge in [0.05, 0.1) is 18.8 Å². The zero-order chi connectivity index (χ0) is 20.7. The zero-order valence-corrected chi connectivity index (χ0v) is 21.8. The summed E-state index contributed by atoms with van der Waals surface area (Å²) >= 11 is 0. The fourth-order valence-electron chi connectivity index (χ4n) is 4.62. The lowest BCUT2D eigenvalue weighted by molar-refractivity contribution is 0.102. The molecule has 0 bridgehead atoms. The van der Waals surface area contributed by atoms with Crippen LogP contribution in [0.1, 0.15) is 75.2 Å². The molecule has 0 spiro atoms. The molecule has 4 atom stereocenters. The Kier molecular flexibility index (Phi) is 10.2. The standard InChI is InChI=1S/C22H48O3Si2/c1-10-17-20(25-27(14-5,15-6)16-7)19(8)21-22(9,24-21)18-23-26(11-2,12-3)13-4/h19-21H,10-18H2,1-9H3/t19-,20+,21-,22+/m0/s1. The Balaban J connectivity index is 2.77. The van der Waals surface area contributed by atoms with E-state index in [1.165, 1.54) is 42.7 Å². The molecule has 1 aliphatic heterocycles. The van der Waals surface area contributed by atoms with E-state index in [2.05, 4.69) is 62.3 Å². The molecule has 0 saturated carbocycles. The Labute approximate surface area is 172 Å². The second-order valence-corrected chi connectivity index (χ2v) is 18.4. The fraction of sp³-hybridized carbons (Fsp3) is 1.00. The van der Waals surface area contributed by atoms with E-state index < -0.39 is 16.6 Å². The van der Waals surface area contributed by atoms with Crippen LogP contribution in [0.2, 0.25) is 36.3 Å². The number of rotatable bonds is 15. The van der Waals surface area contributed by atoms with Gasteiger partial charge in [-0.15, -0.1) is 0 Å². The molecule has 0 unspecified atom stereocenters. The first-order chi connectivity index (χ1) is 12.7. The van der Waals surface area contributed by atoms with Crippen LogP contribution in [0.15, 0.2) is 0 Å². The molecule has 0 aromatic carbocycles. The Morgan fingerprint density at radius 2 is 1.33 bits per heavy atom.